The lowest BCUT2D eigenvalue weighted by Gasteiger charge is -2.41. The molecule has 1 heterocycles. The molecule has 0 spiro atoms. The van der Waals surface area contributed by atoms with E-state index in [0.717, 1.165) is 32.5 Å². The Morgan fingerprint density at radius 2 is 2.05 bits per heavy atom. The van der Waals surface area contributed by atoms with Crippen LogP contribution in [0, 0.1) is 5.92 Å². The van der Waals surface area contributed by atoms with E-state index in [9.17, 15) is 4.79 Å². The number of piperidine rings is 1. The Bertz CT molecular complexity index is 254. The van der Waals surface area contributed by atoms with Crippen LogP contribution in [0.2, 0.25) is 0 Å². The molecule has 0 saturated carbocycles. The predicted octanol–water partition coefficient (Wildman–Crippen LogP) is 1.76. The summed E-state index contributed by atoms with van der Waals surface area (Å²) in [6, 6.07) is 0.406. The van der Waals surface area contributed by atoms with Crippen LogP contribution < -0.4 is 5.73 Å². The van der Waals surface area contributed by atoms with Crippen molar-refractivity contribution in [3.63, 3.8) is 0 Å². The summed E-state index contributed by atoms with van der Waals surface area (Å²) < 4.78 is 0. The molecule has 2 unspecified atom stereocenters. The first-order chi connectivity index (χ1) is 8.10. The molecule has 0 radical (unpaired) electrons. The zero-order valence-electron chi connectivity index (χ0n) is 12.3. The fourth-order valence-electron chi connectivity index (χ4n) is 2.70. The van der Waals surface area contributed by atoms with Crippen molar-refractivity contribution >= 4 is 30.7 Å². The number of nitrogens with zero attached hydrogens (tertiary/aromatic N) is 2. The summed E-state index contributed by atoms with van der Waals surface area (Å²) in [5.74, 6) is 0.813. The van der Waals surface area contributed by atoms with Gasteiger partial charge < -0.3 is 15.5 Å². The van der Waals surface area contributed by atoms with Gasteiger partial charge in [-0.1, -0.05) is 13.8 Å². The highest BCUT2D eigenvalue weighted by Gasteiger charge is 2.30. The standard InChI is InChI=1S/C13H27N3O.2ClH/c1-4-16-9-7-12(11(2)10-16)15(3)13(17)6-5-8-14;;/h11-12H,4-10,14H2,1-3H3;2*1H. The lowest BCUT2D eigenvalue weighted by atomic mass is 9.92. The molecule has 1 aliphatic heterocycles. The number of amides is 1. The van der Waals surface area contributed by atoms with E-state index in [1.165, 1.54) is 0 Å². The second kappa shape index (κ2) is 10.7. The van der Waals surface area contributed by atoms with Crippen molar-refractivity contribution in [1.29, 1.82) is 0 Å². The van der Waals surface area contributed by atoms with Crippen LogP contribution in [-0.2, 0) is 4.79 Å². The first-order valence-electron chi connectivity index (χ1n) is 6.78. The van der Waals surface area contributed by atoms with Crippen LogP contribution in [0.1, 0.15) is 33.1 Å². The molecule has 4 nitrogen and oxygen atoms in total. The highest BCUT2D eigenvalue weighted by Crippen LogP contribution is 2.21. The zero-order chi connectivity index (χ0) is 12.8. The molecule has 1 saturated heterocycles. The number of rotatable bonds is 5. The van der Waals surface area contributed by atoms with Crippen molar-refractivity contribution in [2.24, 2.45) is 11.7 Å². The third-order valence-electron chi connectivity index (χ3n) is 3.88. The molecule has 0 aliphatic carbocycles. The van der Waals surface area contributed by atoms with Crippen LogP contribution in [-0.4, -0.2) is 55.0 Å². The van der Waals surface area contributed by atoms with E-state index in [1.807, 2.05) is 11.9 Å². The fraction of sp³-hybridized carbons (Fsp3) is 0.923. The van der Waals surface area contributed by atoms with E-state index < -0.39 is 0 Å². The van der Waals surface area contributed by atoms with Crippen molar-refractivity contribution < 1.29 is 4.79 Å². The minimum atomic E-state index is 0. The number of carbonyl (C=O) groups excluding carboxylic acids is 1. The van der Waals surface area contributed by atoms with Gasteiger partial charge in [-0.25, -0.2) is 0 Å². The molecule has 0 aromatic rings. The van der Waals surface area contributed by atoms with Gasteiger partial charge in [-0.3, -0.25) is 4.79 Å². The van der Waals surface area contributed by atoms with Crippen LogP contribution >= 0.6 is 24.8 Å². The van der Waals surface area contributed by atoms with Gasteiger partial charge >= 0.3 is 0 Å². The van der Waals surface area contributed by atoms with E-state index >= 15 is 0 Å². The van der Waals surface area contributed by atoms with E-state index in [2.05, 4.69) is 18.7 Å². The first-order valence-corrected chi connectivity index (χ1v) is 6.78. The summed E-state index contributed by atoms with van der Waals surface area (Å²) in [6.07, 6.45) is 2.49. The lowest BCUT2D eigenvalue weighted by Crippen LogP contribution is -2.50. The van der Waals surface area contributed by atoms with Crippen molar-refractivity contribution in [2.45, 2.75) is 39.2 Å². The molecular formula is C13H29Cl2N3O. The molecule has 0 aromatic heterocycles. The molecule has 0 aromatic carbocycles. The molecule has 1 aliphatic rings. The SMILES string of the molecule is CCN1CCC(N(C)C(=O)CCCN)C(C)C1.Cl.Cl. The van der Waals surface area contributed by atoms with Gasteiger partial charge in [0.25, 0.3) is 0 Å². The summed E-state index contributed by atoms with van der Waals surface area (Å²) in [5, 5.41) is 0. The Balaban J connectivity index is 0. The Morgan fingerprint density at radius 1 is 1.42 bits per heavy atom. The smallest absolute Gasteiger partial charge is 0.222 e. The van der Waals surface area contributed by atoms with Crippen LogP contribution in [0.15, 0.2) is 0 Å². The third-order valence-corrected chi connectivity index (χ3v) is 3.88. The van der Waals surface area contributed by atoms with Crippen LogP contribution in [0.3, 0.4) is 0 Å². The van der Waals surface area contributed by atoms with Crippen LogP contribution in [0.5, 0.6) is 0 Å². The Morgan fingerprint density at radius 3 is 2.53 bits per heavy atom. The minimum Gasteiger partial charge on any atom is -0.342 e. The summed E-state index contributed by atoms with van der Waals surface area (Å²) in [6.45, 7) is 8.38. The van der Waals surface area contributed by atoms with Crippen molar-refractivity contribution in [3.05, 3.63) is 0 Å². The second-order valence-electron chi connectivity index (χ2n) is 5.12. The Hall–Kier alpha value is -0.0300. The molecule has 2 atom stereocenters. The maximum Gasteiger partial charge on any atom is 0.222 e. The summed E-state index contributed by atoms with van der Waals surface area (Å²) in [4.78, 5) is 16.4. The van der Waals surface area contributed by atoms with Gasteiger partial charge in [0.05, 0.1) is 0 Å². The monoisotopic (exact) mass is 313 g/mol. The largest absolute Gasteiger partial charge is 0.342 e. The average molecular weight is 314 g/mol. The van der Waals surface area contributed by atoms with E-state index in [0.29, 0.717) is 24.9 Å². The molecule has 0 bridgehead atoms. The molecule has 1 rings (SSSR count). The molecule has 6 heteroatoms. The van der Waals surface area contributed by atoms with Gasteiger partial charge in [0.1, 0.15) is 0 Å². The molecule has 1 fully saturated rings. The van der Waals surface area contributed by atoms with Crippen molar-refractivity contribution in [2.75, 3.05) is 33.2 Å². The van der Waals surface area contributed by atoms with Gasteiger partial charge in [-0.2, -0.15) is 0 Å². The van der Waals surface area contributed by atoms with Crippen LogP contribution in [0.4, 0.5) is 0 Å². The minimum absolute atomic E-state index is 0. The van der Waals surface area contributed by atoms with Crippen molar-refractivity contribution in [3.8, 4) is 0 Å². The second-order valence-corrected chi connectivity index (χ2v) is 5.12. The molecule has 19 heavy (non-hydrogen) atoms. The average Bonchev–Trinajstić information content (AvgIpc) is 2.34. The number of carbonyl (C=O) groups is 1. The number of halogens is 2. The van der Waals surface area contributed by atoms with Crippen molar-refractivity contribution in [1.82, 2.24) is 9.80 Å². The normalized spacial score (nSPS) is 23.2. The van der Waals surface area contributed by atoms with Gasteiger partial charge in [0.15, 0.2) is 0 Å². The third kappa shape index (κ3) is 6.30. The fourth-order valence-corrected chi connectivity index (χ4v) is 2.70. The topological polar surface area (TPSA) is 49.6 Å². The molecule has 2 N–H and O–H groups in total. The number of likely N-dealkylation sites (tertiary alicyclic amines) is 1. The summed E-state index contributed by atoms with van der Waals surface area (Å²) in [7, 11) is 1.95. The maximum absolute atomic E-state index is 12.0. The van der Waals surface area contributed by atoms with Gasteiger partial charge in [-0.05, 0) is 31.8 Å². The highest BCUT2D eigenvalue weighted by atomic mass is 35.5. The maximum atomic E-state index is 12.0. The van der Waals surface area contributed by atoms with Gasteiger partial charge in [-0.15, -0.1) is 24.8 Å². The number of nitrogens with two attached hydrogens (primary N) is 1. The van der Waals surface area contributed by atoms with Gasteiger partial charge in [0.2, 0.25) is 5.91 Å². The highest BCUT2D eigenvalue weighted by molar-refractivity contribution is 5.85. The van der Waals surface area contributed by atoms with Gasteiger partial charge in [0, 0.05) is 32.6 Å². The lowest BCUT2D eigenvalue weighted by molar-refractivity contribution is -0.134. The molecular weight excluding hydrogens is 285 g/mol. The van der Waals surface area contributed by atoms with E-state index in [1.54, 1.807) is 0 Å². The van der Waals surface area contributed by atoms with Crippen LogP contribution in [0.25, 0.3) is 0 Å². The first kappa shape index (κ1) is 21.3. The van der Waals surface area contributed by atoms with E-state index in [-0.39, 0.29) is 30.7 Å². The quantitative estimate of drug-likeness (QED) is 0.841. The number of hydrogen-bond acceptors (Lipinski definition) is 3. The van der Waals surface area contributed by atoms with E-state index in [4.69, 9.17) is 5.73 Å². The summed E-state index contributed by atoms with van der Waals surface area (Å²) in [5.41, 5.74) is 5.44. The Kier molecular flexibility index (Phi) is 12.0. The summed E-state index contributed by atoms with van der Waals surface area (Å²) >= 11 is 0. The molecule has 1 amide bonds. The zero-order valence-corrected chi connectivity index (χ0v) is 13.9. The molecule has 116 valence electrons. The number of hydrogen-bond donors (Lipinski definition) is 1. The Labute approximate surface area is 129 Å². The predicted molar refractivity (Wildman–Crippen MR) is 85.2 cm³/mol.